The molecule has 0 saturated heterocycles. The highest BCUT2D eigenvalue weighted by Crippen LogP contribution is 2.06. The smallest absolute Gasteiger partial charge is 0.328 e. The van der Waals surface area contributed by atoms with Crippen molar-refractivity contribution < 1.29 is 9.53 Å². The maximum absolute atomic E-state index is 12.4. The van der Waals surface area contributed by atoms with E-state index in [0.717, 1.165) is 4.57 Å². The van der Waals surface area contributed by atoms with E-state index < -0.39 is 5.69 Å². The van der Waals surface area contributed by atoms with Gasteiger partial charge in [0, 0.05) is 18.8 Å². The average Bonchev–Trinajstić information content (AvgIpc) is 3.09. The van der Waals surface area contributed by atoms with E-state index in [0.29, 0.717) is 23.0 Å². The van der Waals surface area contributed by atoms with Crippen molar-refractivity contribution in [2.45, 2.75) is 39.3 Å². The van der Waals surface area contributed by atoms with Crippen molar-refractivity contribution in [3.63, 3.8) is 0 Å². The Morgan fingerprint density at radius 1 is 1.22 bits per heavy atom. The molecule has 0 fully saturated rings. The number of benzene rings is 1. The Balaban J connectivity index is 1.54. The molecule has 0 aliphatic rings. The third kappa shape index (κ3) is 4.33. The zero-order valence-corrected chi connectivity index (χ0v) is 15.3. The van der Waals surface area contributed by atoms with Crippen LogP contribution in [-0.4, -0.2) is 31.9 Å². The van der Waals surface area contributed by atoms with Crippen LogP contribution in [0.15, 0.2) is 46.1 Å². The number of carbonyl (C=O) groups excluding carboxylic acids is 1. The van der Waals surface area contributed by atoms with E-state index in [1.165, 1.54) is 0 Å². The van der Waals surface area contributed by atoms with E-state index in [1.54, 1.807) is 35.0 Å². The van der Waals surface area contributed by atoms with Gasteiger partial charge in [-0.15, -0.1) is 0 Å². The number of fused-ring (bicyclic) bond motifs is 1. The molecule has 3 aromatic rings. The van der Waals surface area contributed by atoms with Crippen LogP contribution >= 0.6 is 0 Å². The lowest BCUT2D eigenvalue weighted by Crippen LogP contribution is -2.35. The number of aromatic amines is 1. The summed E-state index contributed by atoms with van der Waals surface area (Å²) >= 11 is 0. The van der Waals surface area contributed by atoms with Crippen molar-refractivity contribution in [3.05, 3.63) is 63.1 Å². The van der Waals surface area contributed by atoms with Crippen LogP contribution in [0.4, 0.5) is 0 Å². The zero-order chi connectivity index (χ0) is 19.4. The molecule has 0 saturated carbocycles. The number of hydrogen-bond donors (Lipinski definition) is 1. The van der Waals surface area contributed by atoms with Crippen molar-refractivity contribution >= 4 is 16.9 Å². The maximum atomic E-state index is 12.4. The van der Waals surface area contributed by atoms with E-state index >= 15 is 0 Å². The Bertz CT molecular complexity index is 1060. The van der Waals surface area contributed by atoms with Gasteiger partial charge in [0.05, 0.1) is 29.6 Å². The van der Waals surface area contributed by atoms with E-state index in [-0.39, 0.29) is 37.1 Å². The summed E-state index contributed by atoms with van der Waals surface area (Å²) in [6, 6.07) is 8.87. The number of aromatic nitrogens is 4. The molecule has 3 rings (SSSR count). The topological polar surface area (TPSA) is 99.0 Å². The van der Waals surface area contributed by atoms with Gasteiger partial charge in [-0.1, -0.05) is 12.1 Å². The molecule has 0 radical (unpaired) electrons. The predicted molar refractivity (Wildman–Crippen MR) is 101 cm³/mol. The third-order valence-corrected chi connectivity index (χ3v) is 4.20. The number of rotatable bonds is 7. The van der Waals surface area contributed by atoms with E-state index in [1.807, 2.05) is 20.0 Å². The van der Waals surface area contributed by atoms with Crippen LogP contribution in [-0.2, 0) is 22.5 Å². The van der Waals surface area contributed by atoms with Crippen LogP contribution in [0.1, 0.15) is 32.0 Å². The first-order valence-corrected chi connectivity index (χ1v) is 8.87. The molecule has 8 nitrogen and oxygen atoms in total. The molecule has 0 aliphatic heterocycles. The lowest BCUT2D eigenvalue weighted by atomic mass is 10.2. The third-order valence-electron chi connectivity index (χ3n) is 4.20. The molecule has 0 amide bonds. The summed E-state index contributed by atoms with van der Waals surface area (Å²) < 4.78 is 8.09. The molecule has 0 spiro atoms. The molecule has 142 valence electrons. The van der Waals surface area contributed by atoms with Gasteiger partial charge in [0.2, 0.25) is 0 Å². The van der Waals surface area contributed by atoms with Crippen LogP contribution in [0.2, 0.25) is 0 Å². The highest BCUT2D eigenvalue weighted by Gasteiger charge is 2.10. The first-order valence-electron chi connectivity index (χ1n) is 8.87. The molecular weight excluding hydrogens is 348 g/mol. The number of ether oxygens (including phenoxy) is 1. The molecule has 0 aliphatic carbocycles. The summed E-state index contributed by atoms with van der Waals surface area (Å²) in [5.41, 5.74) is 0.344. The summed E-state index contributed by atoms with van der Waals surface area (Å²) in [7, 11) is 0. The lowest BCUT2D eigenvalue weighted by Gasteiger charge is -2.07. The van der Waals surface area contributed by atoms with Gasteiger partial charge in [-0.25, -0.2) is 4.79 Å². The molecule has 0 atom stereocenters. The minimum absolute atomic E-state index is 0.0935. The normalized spacial score (nSPS) is 11.2. The largest absolute Gasteiger partial charge is 0.465 e. The Morgan fingerprint density at radius 3 is 2.74 bits per heavy atom. The molecule has 8 heteroatoms. The van der Waals surface area contributed by atoms with Crippen LogP contribution in [0.25, 0.3) is 10.9 Å². The van der Waals surface area contributed by atoms with E-state index in [9.17, 15) is 14.4 Å². The maximum Gasteiger partial charge on any atom is 0.328 e. The second kappa shape index (κ2) is 8.03. The highest BCUT2D eigenvalue weighted by molar-refractivity contribution is 5.76. The Labute approximate surface area is 155 Å². The summed E-state index contributed by atoms with van der Waals surface area (Å²) in [6.45, 7) is 4.31. The summed E-state index contributed by atoms with van der Waals surface area (Å²) in [5.74, 6) is -0.385. The van der Waals surface area contributed by atoms with Gasteiger partial charge in [-0.3, -0.25) is 18.8 Å². The van der Waals surface area contributed by atoms with Crippen LogP contribution in [0, 0.1) is 0 Å². The van der Waals surface area contributed by atoms with Crippen molar-refractivity contribution in [2.24, 2.45) is 0 Å². The second-order valence-corrected chi connectivity index (χ2v) is 6.56. The number of carbonyl (C=O) groups is 1. The van der Waals surface area contributed by atoms with Gasteiger partial charge in [0.15, 0.2) is 0 Å². The number of para-hydroxylation sites is 1. The Morgan fingerprint density at radius 2 is 2.00 bits per heavy atom. The van der Waals surface area contributed by atoms with Crippen molar-refractivity contribution in [1.82, 2.24) is 19.3 Å². The molecular formula is C19H22N4O4. The Hall–Kier alpha value is -3.16. The number of hydrogen-bond acceptors (Lipinski definition) is 5. The SMILES string of the molecule is CC(C)n1ccc(CC(=O)OCCCn2c(=O)[nH]c3ccccc3c2=O)n1. The lowest BCUT2D eigenvalue weighted by molar-refractivity contribution is -0.143. The molecule has 1 aromatic carbocycles. The molecule has 1 N–H and O–H groups in total. The second-order valence-electron chi connectivity index (χ2n) is 6.56. The molecule has 0 unspecified atom stereocenters. The molecule has 0 bridgehead atoms. The fraction of sp³-hybridized carbons (Fsp3) is 0.368. The predicted octanol–water partition coefficient (Wildman–Crippen LogP) is 1.64. The minimum atomic E-state index is -0.468. The van der Waals surface area contributed by atoms with Gasteiger partial charge < -0.3 is 9.72 Å². The molecule has 27 heavy (non-hydrogen) atoms. The van der Waals surface area contributed by atoms with Crippen molar-refractivity contribution in [2.75, 3.05) is 6.61 Å². The average molecular weight is 370 g/mol. The quantitative estimate of drug-likeness (QED) is 0.503. The standard InChI is InChI=1S/C19H22N4O4/c1-13(2)23-10-8-14(21-23)12-17(24)27-11-5-9-22-18(25)15-6-3-4-7-16(15)20-19(22)26/h3-4,6-8,10,13H,5,9,11-12H2,1-2H3,(H,20,26). The van der Waals surface area contributed by atoms with Crippen molar-refractivity contribution in [3.8, 4) is 0 Å². The zero-order valence-electron chi connectivity index (χ0n) is 15.3. The van der Waals surface area contributed by atoms with Crippen LogP contribution < -0.4 is 11.2 Å². The van der Waals surface area contributed by atoms with Gasteiger partial charge >= 0.3 is 11.7 Å². The minimum Gasteiger partial charge on any atom is -0.465 e. The fourth-order valence-electron chi connectivity index (χ4n) is 2.77. The Kier molecular flexibility index (Phi) is 5.54. The van der Waals surface area contributed by atoms with E-state index in [2.05, 4.69) is 10.1 Å². The summed E-state index contributed by atoms with van der Waals surface area (Å²) in [4.78, 5) is 39.1. The number of nitrogens with zero attached hydrogens (tertiary/aromatic N) is 3. The molecule has 2 aromatic heterocycles. The number of nitrogens with one attached hydrogen (secondary N) is 1. The first kappa shape index (κ1) is 18.6. The van der Waals surface area contributed by atoms with Gasteiger partial charge in [0.25, 0.3) is 5.56 Å². The van der Waals surface area contributed by atoms with Crippen LogP contribution in [0.3, 0.4) is 0 Å². The van der Waals surface area contributed by atoms with Crippen molar-refractivity contribution in [1.29, 1.82) is 0 Å². The molecule has 2 heterocycles. The highest BCUT2D eigenvalue weighted by atomic mass is 16.5. The monoisotopic (exact) mass is 370 g/mol. The van der Waals surface area contributed by atoms with Gasteiger partial charge in [0.1, 0.15) is 0 Å². The van der Waals surface area contributed by atoms with Gasteiger partial charge in [-0.2, -0.15) is 5.10 Å². The number of H-pyrrole nitrogens is 1. The van der Waals surface area contributed by atoms with E-state index in [4.69, 9.17) is 4.74 Å². The number of esters is 1. The summed E-state index contributed by atoms with van der Waals surface area (Å²) in [6.07, 6.45) is 2.29. The van der Waals surface area contributed by atoms with Crippen LogP contribution in [0.5, 0.6) is 0 Å². The summed E-state index contributed by atoms with van der Waals surface area (Å²) in [5, 5.41) is 4.76. The first-order chi connectivity index (χ1) is 13.0. The fourth-order valence-corrected chi connectivity index (χ4v) is 2.77. The van der Waals surface area contributed by atoms with Gasteiger partial charge in [-0.05, 0) is 38.5 Å².